The van der Waals surface area contributed by atoms with Crippen LogP contribution in [0.15, 0.2) is 58.3 Å². The minimum absolute atomic E-state index is 0.0457. The summed E-state index contributed by atoms with van der Waals surface area (Å²) in [4.78, 5) is 13.3. The average molecular weight is 357 g/mol. The Hall–Kier alpha value is -1.60. The van der Waals surface area contributed by atoms with Crippen LogP contribution < -0.4 is 5.32 Å². The Balaban J connectivity index is 1.97. The van der Waals surface area contributed by atoms with Crippen molar-refractivity contribution in [1.29, 1.82) is 0 Å². The van der Waals surface area contributed by atoms with E-state index in [0.717, 1.165) is 28.8 Å². The fourth-order valence-corrected chi connectivity index (χ4v) is 3.15. The van der Waals surface area contributed by atoms with Crippen molar-refractivity contribution >= 4 is 35.1 Å². The van der Waals surface area contributed by atoms with Crippen molar-refractivity contribution in [2.45, 2.75) is 16.0 Å². The fraction of sp³-hybridized carbons (Fsp3) is 0.188. The molecule has 0 fully saturated rings. The summed E-state index contributed by atoms with van der Waals surface area (Å²) < 4.78 is 37.9. The first kappa shape index (κ1) is 17.7. The number of carbonyl (C=O) groups excluding carboxylic acids is 1. The van der Waals surface area contributed by atoms with E-state index in [2.05, 4.69) is 5.32 Å². The number of nitrogens with one attached hydrogen (secondary N) is 1. The predicted molar refractivity (Wildman–Crippen MR) is 89.0 cm³/mol. The molecule has 0 unspecified atom stereocenters. The summed E-state index contributed by atoms with van der Waals surface area (Å²) in [5.74, 6) is -0.210. The SMILES string of the molecule is CSc1ccccc1NC(=O)CSc1cccc(C(F)(F)F)c1. The van der Waals surface area contributed by atoms with Crippen LogP contribution in [0.2, 0.25) is 0 Å². The predicted octanol–water partition coefficient (Wildman–Crippen LogP) is 5.16. The van der Waals surface area contributed by atoms with Crippen LogP contribution in [0, 0.1) is 0 Å². The van der Waals surface area contributed by atoms with Crippen LogP contribution >= 0.6 is 23.5 Å². The zero-order chi connectivity index (χ0) is 16.9. The lowest BCUT2D eigenvalue weighted by Crippen LogP contribution is -2.14. The minimum Gasteiger partial charge on any atom is -0.324 e. The summed E-state index contributed by atoms with van der Waals surface area (Å²) in [7, 11) is 0. The molecule has 0 bridgehead atoms. The summed E-state index contributed by atoms with van der Waals surface area (Å²) in [6.07, 6.45) is -2.47. The number of carbonyl (C=O) groups is 1. The van der Waals surface area contributed by atoms with E-state index in [1.165, 1.54) is 17.8 Å². The second-order valence-corrected chi connectivity index (χ2v) is 6.46. The van der Waals surface area contributed by atoms with Crippen LogP contribution in [0.25, 0.3) is 0 Å². The lowest BCUT2D eigenvalue weighted by Gasteiger charge is -2.10. The molecule has 0 spiro atoms. The monoisotopic (exact) mass is 357 g/mol. The number of amides is 1. The molecule has 0 heterocycles. The highest BCUT2D eigenvalue weighted by atomic mass is 32.2. The maximum atomic E-state index is 12.6. The first-order chi connectivity index (χ1) is 10.9. The van der Waals surface area contributed by atoms with Gasteiger partial charge in [0.05, 0.1) is 17.0 Å². The van der Waals surface area contributed by atoms with Gasteiger partial charge in [-0.05, 0) is 36.6 Å². The summed E-state index contributed by atoms with van der Waals surface area (Å²) in [5.41, 5.74) is -0.00900. The number of halogens is 3. The summed E-state index contributed by atoms with van der Waals surface area (Å²) in [5, 5.41) is 2.77. The van der Waals surface area contributed by atoms with E-state index >= 15 is 0 Å². The van der Waals surface area contributed by atoms with E-state index in [9.17, 15) is 18.0 Å². The molecule has 2 aromatic carbocycles. The van der Waals surface area contributed by atoms with Gasteiger partial charge in [0, 0.05) is 9.79 Å². The molecule has 1 N–H and O–H groups in total. The number of para-hydroxylation sites is 1. The fourth-order valence-electron chi connectivity index (χ4n) is 1.85. The second-order valence-electron chi connectivity index (χ2n) is 4.56. The van der Waals surface area contributed by atoms with Crippen molar-refractivity contribution in [1.82, 2.24) is 0 Å². The Morgan fingerprint density at radius 2 is 1.87 bits per heavy atom. The Morgan fingerprint density at radius 3 is 2.57 bits per heavy atom. The van der Waals surface area contributed by atoms with Crippen molar-refractivity contribution in [3.05, 3.63) is 54.1 Å². The van der Waals surface area contributed by atoms with Gasteiger partial charge < -0.3 is 5.32 Å². The van der Waals surface area contributed by atoms with Crippen LogP contribution in [0.3, 0.4) is 0 Å². The van der Waals surface area contributed by atoms with E-state index in [-0.39, 0.29) is 11.7 Å². The molecule has 23 heavy (non-hydrogen) atoms. The standard InChI is InChI=1S/C16H14F3NOS2/c1-22-14-8-3-2-7-13(14)20-15(21)10-23-12-6-4-5-11(9-12)16(17,18)19/h2-9H,10H2,1H3,(H,20,21). The molecule has 0 aliphatic rings. The lowest BCUT2D eigenvalue weighted by molar-refractivity contribution is -0.137. The molecule has 0 aliphatic carbocycles. The highest BCUT2D eigenvalue weighted by molar-refractivity contribution is 8.00. The van der Waals surface area contributed by atoms with Gasteiger partial charge in [0.15, 0.2) is 0 Å². The van der Waals surface area contributed by atoms with Gasteiger partial charge in [0.1, 0.15) is 0 Å². The Kier molecular flexibility index (Phi) is 6.01. The van der Waals surface area contributed by atoms with Crippen LogP contribution in [0.5, 0.6) is 0 Å². The van der Waals surface area contributed by atoms with Gasteiger partial charge in [-0.1, -0.05) is 18.2 Å². The number of hydrogen-bond donors (Lipinski definition) is 1. The summed E-state index contributed by atoms with van der Waals surface area (Å²) >= 11 is 2.58. The van der Waals surface area contributed by atoms with Crippen LogP contribution in [-0.2, 0) is 11.0 Å². The molecule has 122 valence electrons. The minimum atomic E-state index is -4.38. The molecule has 2 nitrogen and oxygen atoms in total. The molecule has 0 saturated carbocycles. The summed E-state index contributed by atoms with van der Waals surface area (Å²) in [6, 6.07) is 12.3. The highest BCUT2D eigenvalue weighted by Crippen LogP contribution is 2.32. The molecule has 2 rings (SSSR count). The number of benzene rings is 2. The molecule has 0 atom stereocenters. The van der Waals surface area contributed by atoms with Crippen molar-refractivity contribution < 1.29 is 18.0 Å². The maximum absolute atomic E-state index is 12.6. The average Bonchev–Trinajstić information content (AvgIpc) is 2.53. The van der Waals surface area contributed by atoms with Crippen LogP contribution in [0.1, 0.15) is 5.56 Å². The van der Waals surface area contributed by atoms with Crippen molar-refractivity contribution in [2.24, 2.45) is 0 Å². The van der Waals surface area contributed by atoms with Gasteiger partial charge in [-0.2, -0.15) is 13.2 Å². The Bertz CT molecular complexity index is 689. The Morgan fingerprint density at radius 1 is 1.13 bits per heavy atom. The number of anilines is 1. The van der Waals surface area contributed by atoms with E-state index in [1.807, 2.05) is 24.5 Å². The molecule has 0 radical (unpaired) electrons. The van der Waals surface area contributed by atoms with Crippen LogP contribution in [-0.4, -0.2) is 17.9 Å². The third kappa shape index (κ3) is 5.21. The number of rotatable bonds is 5. The van der Waals surface area contributed by atoms with E-state index in [4.69, 9.17) is 0 Å². The van der Waals surface area contributed by atoms with E-state index < -0.39 is 11.7 Å². The largest absolute Gasteiger partial charge is 0.416 e. The molecule has 0 aromatic heterocycles. The number of hydrogen-bond acceptors (Lipinski definition) is 3. The van der Waals surface area contributed by atoms with Gasteiger partial charge >= 0.3 is 6.18 Å². The highest BCUT2D eigenvalue weighted by Gasteiger charge is 2.30. The van der Waals surface area contributed by atoms with Gasteiger partial charge in [0.2, 0.25) is 5.91 Å². The molecule has 1 amide bonds. The van der Waals surface area contributed by atoms with Crippen molar-refractivity contribution in [3.8, 4) is 0 Å². The van der Waals surface area contributed by atoms with Crippen molar-refractivity contribution in [3.63, 3.8) is 0 Å². The smallest absolute Gasteiger partial charge is 0.324 e. The lowest BCUT2D eigenvalue weighted by atomic mass is 10.2. The van der Waals surface area contributed by atoms with Gasteiger partial charge in [0.25, 0.3) is 0 Å². The van der Waals surface area contributed by atoms with Gasteiger partial charge in [-0.3, -0.25) is 4.79 Å². The summed E-state index contributed by atoms with van der Waals surface area (Å²) in [6.45, 7) is 0. The zero-order valence-corrected chi connectivity index (χ0v) is 13.8. The zero-order valence-electron chi connectivity index (χ0n) is 12.2. The van der Waals surface area contributed by atoms with E-state index in [0.29, 0.717) is 10.6 Å². The molecular weight excluding hydrogens is 343 g/mol. The van der Waals surface area contributed by atoms with Crippen LogP contribution in [0.4, 0.5) is 18.9 Å². The molecule has 0 aliphatic heterocycles. The van der Waals surface area contributed by atoms with E-state index in [1.54, 1.807) is 12.1 Å². The molecule has 0 saturated heterocycles. The first-order valence-electron chi connectivity index (χ1n) is 6.63. The second kappa shape index (κ2) is 7.79. The number of alkyl halides is 3. The quantitative estimate of drug-likeness (QED) is 0.750. The first-order valence-corrected chi connectivity index (χ1v) is 8.84. The molecular formula is C16H14F3NOS2. The third-order valence-electron chi connectivity index (χ3n) is 2.91. The maximum Gasteiger partial charge on any atom is 0.416 e. The molecule has 7 heteroatoms. The van der Waals surface area contributed by atoms with Gasteiger partial charge in [-0.15, -0.1) is 23.5 Å². The normalized spacial score (nSPS) is 11.3. The molecule has 2 aromatic rings. The topological polar surface area (TPSA) is 29.1 Å². The van der Waals surface area contributed by atoms with Gasteiger partial charge in [-0.25, -0.2) is 0 Å². The number of thioether (sulfide) groups is 2. The third-order valence-corrected chi connectivity index (χ3v) is 4.70. The van der Waals surface area contributed by atoms with Crippen molar-refractivity contribution in [2.75, 3.05) is 17.3 Å². The Labute approximate surface area is 140 Å².